The Morgan fingerprint density at radius 2 is 2.50 bits per heavy atom. The summed E-state index contributed by atoms with van der Waals surface area (Å²) in [7, 11) is 1.19. The van der Waals surface area contributed by atoms with Crippen LogP contribution in [0.2, 0.25) is 0 Å². The molecule has 0 spiro atoms. The van der Waals surface area contributed by atoms with Gasteiger partial charge in [0.2, 0.25) is 5.76 Å². The van der Waals surface area contributed by atoms with Crippen LogP contribution in [0.4, 0.5) is 0 Å². The second-order valence-electron chi connectivity index (χ2n) is 1.52. The van der Waals surface area contributed by atoms with Gasteiger partial charge in [-0.15, -0.1) is 0 Å². The first kappa shape index (κ1) is 6.60. The highest BCUT2D eigenvalue weighted by molar-refractivity contribution is 5.86. The number of methoxy groups -OCH3 is 1. The summed E-state index contributed by atoms with van der Waals surface area (Å²) in [6.07, 6.45) is 0. The van der Waals surface area contributed by atoms with Gasteiger partial charge in [-0.1, -0.05) is 0 Å². The van der Waals surface area contributed by atoms with Crippen LogP contribution in [-0.2, 0) is 9.84 Å². The lowest BCUT2D eigenvalue weighted by atomic mass is 10.5. The molecule has 0 saturated carbocycles. The van der Waals surface area contributed by atoms with E-state index >= 15 is 0 Å². The molecule has 0 saturated heterocycles. The van der Waals surface area contributed by atoms with Gasteiger partial charge in [0, 0.05) is 0 Å². The molecule has 1 aromatic heterocycles. The SMILES string of the molecule is COC(=O)c1cc([O])no1. The largest absolute Gasteiger partial charge is 0.463 e. The molecule has 0 N–H and O–H groups in total. The standard InChI is InChI=1S/C5H4NO4/c1-9-5(8)3-2-4(7)6-10-3/h2H,1H3. The fraction of sp³-hybridized carbons (Fsp3) is 0.200. The first-order chi connectivity index (χ1) is 4.74. The molecule has 53 valence electrons. The fourth-order valence-corrected chi connectivity index (χ4v) is 0.456. The van der Waals surface area contributed by atoms with Crippen molar-refractivity contribution in [2.24, 2.45) is 0 Å². The number of rotatable bonds is 1. The van der Waals surface area contributed by atoms with Crippen molar-refractivity contribution in [1.29, 1.82) is 0 Å². The first-order valence-corrected chi connectivity index (χ1v) is 2.46. The Hall–Kier alpha value is -1.52. The molecule has 0 aliphatic carbocycles. The lowest BCUT2D eigenvalue weighted by molar-refractivity contribution is 0.0554. The van der Waals surface area contributed by atoms with E-state index in [1.165, 1.54) is 7.11 Å². The van der Waals surface area contributed by atoms with Crippen LogP contribution in [0, 0.1) is 0 Å². The molecule has 0 bridgehead atoms. The Morgan fingerprint density at radius 1 is 1.80 bits per heavy atom. The fourth-order valence-electron chi connectivity index (χ4n) is 0.456. The number of carbonyl (C=O) groups is 1. The summed E-state index contributed by atoms with van der Waals surface area (Å²) in [5, 5.41) is 13.3. The second kappa shape index (κ2) is 2.38. The summed E-state index contributed by atoms with van der Waals surface area (Å²) in [5.41, 5.74) is 0. The van der Waals surface area contributed by atoms with E-state index in [1.54, 1.807) is 0 Å². The van der Waals surface area contributed by atoms with E-state index in [4.69, 9.17) is 0 Å². The molecule has 5 heteroatoms. The maximum Gasteiger partial charge on any atom is 0.377 e. The molecule has 0 atom stereocenters. The summed E-state index contributed by atoms with van der Waals surface area (Å²) in [4.78, 5) is 10.5. The average molecular weight is 142 g/mol. The van der Waals surface area contributed by atoms with E-state index in [1.807, 2.05) is 0 Å². The van der Waals surface area contributed by atoms with E-state index in [0.717, 1.165) is 6.07 Å². The van der Waals surface area contributed by atoms with E-state index in [-0.39, 0.29) is 5.76 Å². The summed E-state index contributed by atoms with van der Waals surface area (Å²) in [6, 6.07) is 0.964. The van der Waals surface area contributed by atoms with E-state index in [2.05, 4.69) is 14.4 Å². The zero-order valence-electron chi connectivity index (χ0n) is 5.16. The lowest BCUT2D eigenvalue weighted by Crippen LogP contribution is -1.97. The van der Waals surface area contributed by atoms with Gasteiger partial charge in [-0.25, -0.2) is 4.79 Å². The highest BCUT2D eigenvalue weighted by atomic mass is 16.6. The van der Waals surface area contributed by atoms with Gasteiger partial charge in [-0.3, -0.25) is 5.11 Å². The van der Waals surface area contributed by atoms with Crippen LogP contribution >= 0.6 is 0 Å². The number of carbonyl (C=O) groups excluding carboxylic acids is 1. The topological polar surface area (TPSA) is 72.2 Å². The van der Waals surface area contributed by atoms with Gasteiger partial charge in [0.05, 0.1) is 13.2 Å². The van der Waals surface area contributed by atoms with Crippen LogP contribution in [0.1, 0.15) is 10.6 Å². The monoisotopic (exact) mass is 142 g/mol. The van der Waals surface area contributed by atoms with Crippen LogP contribution in [0.5, 0.6) is 5.88 Å². The Labute approximate surface area is 56.2 Å². The molecule has 0 aliphatic heterocycles. The van der Waals surface area contributed by atoms with Crippen molar-refractivity contribution >= 4 is 5.97 Å². The van der Waals surface area contributed by atoms with Crippen LogP contribution < -0.4 is 0 Å². The third kappa shape index (κ3) is 1.07. The number of ether oxygens (including phenoxy) is 1. The molecule has 1 aromatic rings. The zero-order valence-corrected chi connectivity index (χ0v) is 5.16. The number of hydrogen-bond acceptors (Lipinski definition) is 4. The number of esters is 1. The van der Waals surface area contributed by atoms with Crippen molar-refractivity contribution in [3.05, 3.63) is 11.8 Å². The predicted octanol–water partition coefficient (Wildman–Crippen LogP) is 0.605. The molecule has 1 radical (unpaired) electrons. The highest BCUT2D eigenvalue weighted by Crippen LogP contribution is 2.09. The quantitative estimate of drug-likeness (QED) is 0.538. The number of hydrogen-bond donors (Lipinski definition) is 0. The summed E-state index contributed by atoms with van der Waals surface area (Å²) in [6.45, 7) is 0. The van der Waals surface area contributed by atoms with Gasteiger partial charge in [0.25, 0.3) is 0 Å². The van der Waals surface area contributed by atoms with E-state index < -0.39 is 11.8 Å². The maximum absolute atomic E-state index is 10.5. The minimum Gasteiger partial charge on any atom is -0.463 e. The van der Waals surface area contributed by atoms with Gasteiger partial charge >= 0.3 is 11.8 Å². The Kier molecular flexibility index (Phi) is 1.57. The zero-order chi connectivity index (χ0) is 7.56. The molecule has 1 rings (SSSR count). The average Bonchev–Trinajstić information content (AvgIpc) is 2.34. The predicted molar refractivity (Wildman–Crippen MR) is 28.0 cm³/mol. The van der Waals surface area contributed by atoms with E-state index in [9.17, 15) is 9.90 Å². The molecule has 0 fully saturated rings. The second-order valence-corrected chi connectivity index (χ2v) is 1.52. The molecule has 0 amide bonds. The normalized spacial score (nSPS) is 9.30. The van der Waals surface area contributed by atoms with E-state index in [0.29, 0.717) is 0 Å². The number of aromatic nitrogens is 1. The molecular formula is C5H4NO4. The van der Waals surface area contributed by atoms with Crippen molar-refractivity contribution in [2.45, 2.75) is 0 Å². The minimum atomic E-state index is -0.699. The van der Waals surface area contributed by atoms with Gasteiger partial charge < -0.3 is 9.26 Å². The van der Waals surface area contributed by atoms with Crippen LogP contribution in [0.15, 0.2) is 10.6 Å². The Balaban J connectivity index is 2.85. The molecule has 0 aromatic carbocycles. The number of nitrogens with zero attached hydrogens (tertiary/aromatic N) is 1. The Bertz CT molecular complexity index is 242. The third-order valence-corrected chi connectivity index (χ3v) is 0.875. The smallest absolute Gasteiger partial charge is 0.377 e. The van der Waals surface area contributed by atoms with Crippen molar-refractivity contribution in [3.63, 3.8) is 0 Å². The van der Waals surface area contributed by atoms with Gasteiger partial charge in [0.15, 0.2) is 0 Å². The molecule has 10 heavy (non-hydrogen) atoms. The third-order valence-electron chi connectivity index (χ3n) is 0.875. The van der Waals surface area contributed by atoms with Gasteiger partial charge in [-0.05, 0) is 5.16 Å². The molecule has 1 heterocycles. The summed E-state index contributed by atoms with van der Waals surface area (Å²) < 4.78 is 8.52. The molecule has 0 aliphatic rings. The van der Waals surface area contributed by atoms with Crippen molar-refractivity contribution < 1.29 is 19.2 Å². The van der Waals surface area contributed by atoms with Crippen molar-refractivity contribution in [2.75, 3.05) is 7.11 Å². The van der Waals surface area contributed by atoms with Crippen LogP contribution in [0.3, 0.4) is 0 Å². The van der Waals surface area contributed by atoms with Gasteiger partial charge in [-0.2, -0.15) is 0 Å². The van der Waals surface area contributed by atoms with Crippen LogP contribution in [0.25, 0.3) is 0 Å². The highest BCUT2D eigenvalue weighted by Gasteiger charge is 2.12. The summed E-state index contributed by atoms with van der Waals surface area (Å²) >= 11 is 0. The lowest BCUT2D eigenvalue weighted by Gasteiger charge is -1.87. The minimum absolute atomic E-state index is 0.174. The van der Waals surface area contributed by atoms with Crippen LogP contribution in [-0.4, -0.2) is 18.2 Å². The molecular weight excluding hydrogens is 138 g/mol. The Morgan fingerprint density at radius 3 is 2.90 bits per heavy atom. The molecule has 0 unspecified atom stereocenters. The van der Waals surface area contributed by atoms with Crippen molar-refractivity contribution in [3.8, 4) is 5.88 Å². The maximum atomic E-state index is 10.5. The van der Waals surface area contributed by atoms with Gasteiger partial charge in [0.1, 0.15) is 0 Å². The van der Waals surface area contributed by atoms with Crippen molar-refractivity contribution in [1.82, 2.24) is 5.16 Å². The summed E-state index contributed by atoms with van der Waals surface area (Å²) in [5.74, 6) is -1.46. The first-order valence-electron chi connectivity index (χ1n) is 2.46. The molecule has 5 nitrogen and oxygen atoms in total.